The van der Waals surface area contributed by atoms with Crippen LogP contribution in [0.3, 0.4) is 0 Å². The van der Waals surface area contributed by atoms with Crippen LogP contribution in [-0.2, 0) is 14.4 Å². The van der Waals surface area contributed by atoms with E-state index in [9.17, 15) is 14.4 Å². The molecule has 2 saturated heterocycles. The first-order valence-corrected chi connectivity index (χ1v) is 11.5. The zero-order valence-electron chi connectivity index (χ0n) is 17.8. The Hall–Kier alpha value is -2.57. The maximum atomic E-state index is 13.0. The average Bonchev–Trinajstić information content (AvgIpc) is 3.14. The summed E-state index contributed by atoms with van der Waals surface area (Å²) in [5.41, 5.74) is 2.51. The molecule has 3 amide bonds. The van der Waals surface area contributed by atoms with Gasteiger partial charge in [-0.25, -0.2) is 0 Å². The number of hydrogen-bond acceptors (Lipinski definition) is 3. The van der Waals surface area contributed by atoms with Crippen LogP contribution in [0.4, 0.5) is 11.4 Å². The molecule has 0 saturated carbocycles. The van der Waals surface area contributed by atoms with Gasteiger partial charge in [0.2, 0.25) is 17.7 Å². The number of rotatable bonds is 4. The summed E-state index contributed by atoms with van der Waals surface area (Å²) in [5.74, 6) is -0.666. The summed E-state index contributed by atoms with van der Waals surface area (Å²) in [5, 5.41) is 3.78. The van der Waals surface area contributed by atoms with E-state index in [1.54, 1.807) is 28.0 Å². The number of piperidine rings is 1. The number of amides is 3. The Morgan fingerprint density at radius 2 is 1.59 bits per heavy atom. The first kappa shape index (κ1) is 22.6. The summed E-state index contributed by atoms with van der Waals surface area (Å²) in [6.45, 7) is 3.40. The minimum Gasteiger partial charge on any atom is -0.342 e. The normalized spacial score (nSPS) is 19.3. The Morgan fingerprint density at radius 3 is 2.22 bits per heavy atom. The van der Waals surface area contributed by atoms with E-state index < -0.39 is 0 Å². The van der Waals surface area contributed by atoms with Gasteiger partial charge in [0.05, 0.1) is 5.92 Å². The van der Waals surface area contributed by atoms with E-state index in [-0.39, 0.29) is 36.0 Å². The van der Waals surface area contributed by atoms with Gasteiger partial charge in [-0.15, -0.1) is 0 Å². The molecule has 2 aliphatic heterocycles. The largest absolute Gasteiger partial charge is 0.342 e. The third-order valence-electron chi connectivity index (χ3n) is 6.13. The molecule has 4 rings (SSSR count). The topological polar surface area (TPSA) is 69.7 Å². The number of halogens is 2. The molecule has 2 aromatic carbocycles. The van der Waals surface area contributed by atoms with Gasteiger partial charge in [0.15, 0.2) is 0 Å². The van der Waals surface area contributed by atoms with Crippen molar-refractivity contribution in [3.8, 4) is 0 Å². The Labute approximate surface area is 197 Å². The summed E-state index contributed by atoms with van der Waals surface area (Å²) in [7, 11) is 0. The van der Waals surface area contributed by atoms with Gasteiger partial charge in [-0.1, -0.05) is 40.9 Å². The van der Waals surface area contributed by atoms with Gasteiger partial charge < -0.3 is 15.1 Å². The summed E-state index contributed by atoms with van der Waals surface area (Å²) < 4.78 is 0. The van der Waals surface area contributed by atoms with Gasteiger partial charge in [-0.05, 0) is 50.1 Å². The standard InChI is InChI=1S/C24H25Cl2N3O3/c1-15-2-4-21(5-3-15)29-14-17(10-22(29)30)24(32)28-8-6-16(7-9-28)23(31)27-20-12-18(25)11-19(26)13-20/h2-5,11-13,16-17H,6-10,14H2,1H3,(H,27,31). The maximum Gasteiger partial charge on any atom is 0.228 e. The highest BCUT2D eigenvalue weighted by Gasteiger charge is 2.38. The molecule has 6 nitrogen and oxygen atoms in total. The lowest BCUT2D eigenvalue weighted by atomic mass is 9.94. The second-order valence-corrected chi connectivity index (χ2v) is 9.36. The molecular formula is C24H25Cl2N3O3. The van der Waals surface area contributed by atoms with Crippen LogP contribution in [0.15, 0.2) is 42.5 Å². The zero-order valence-corrected chi connectivity index (χ0v) is 19.3. The predicted octanol–water partition coefficient (Wildman–Crippen LogP) is 4.53. The second-order valence-electron chi connectivity index (χ2n) is 8.49. The highest BCUT2D eigenvalue weighted by molar-refractivity contribution is 6.35. The van der Waals surface area contributed by atoms with Gasteiger partial charge in [0.25, 0.3) is 0 Å². The monoisotopic (exact) mass is 473 g/mol. The summed E-state index contributed by atoms with van der Waals surface area (Å²) in [6, 6.07) is 12.7. The van der Waals surface area contributed by atoms with E-state index in [1.165, 1.54) is 0 Å². The van der Waals surface area contributed by atoms with Crippen molar-refractivity contribution in [1.29, 1.82) is 0 Å². The number of likely N-dealkylation sites (tertiary alicyclic amines) is 1. The highest BCUT2D eigenvalue weighted by atomic mass is 35.5. The lowest BCUT2D eigenvalue weighted by Crippen LogP contribution is -2.44. The van der Waals surface area contributed by atoms with Gasteiger partial charge in [0, 0.05) is 53.4 Å². The molecule has 1 atom stereocenters. The van der Waals surface area contributed by atoms with Crippen LogP contribution in [-0.4, -0.2) is 42.3 Å². The van der Waals surface area contributed by atoms with Crippen molar-refractivity contribution in [2.24, 2.45) is 11.8 Å². The Morgan fingerprint density at radius 1 is 0.969 bits per heavy atom. The Bertz CT molecular complexity index is 1010. The van der Waals surface area contributed by atoms with Crippen LogP contribution < -0.4 is 10.2 Å². The van der Waals surface area contributed by atoms with Crippen LogP contribution in [0.5, 0.6) is 0 Å². The highest BCUT2D eigenvalue weighted by Crippen LogP contribution is 2.29. The number of carbonyl (C=O) groups excluding carboxylic acids is 3. The fraction of sp³-hybridized carbons (Fsp3) is 0.375. The molecule has 0 bridgehead atoms. The minimum absolute atomic E-state index is 0.00607. The fourth-order valence-electron chi connectivity index (χ4n) is 4.34. The van der Waals surface area contributed by atoms with Crippen molar-refractivity contribution in [3.63, 3.8) is 0 Å². The summed E-state index contributed by atoms with van der Waals surface area (Å²) >= 11 is 12.0. The van der Waals surface area contributed by atoms with Crippen LogP contribution >= 0.6 is 23.2 Å². The number of aryl methyl sites for hydroxylation is 1. The Kier molecular flexibility index (Phi) is 6.72. The molecule has 8 heteroatoms. The first-order valence-electron chi connectivity index (χ1n) is 10.7. The van der Waals surface area contributed by atoms with Crippen molar-refractivity contribution in [1.82, 2.24) is 4.90 Å². The molecule has 0 aromatic heterocycles. The number of hydrogen-bond donors (Lipinski definition) is 1. The van der Waals surface area contributed by atoms with Crippen molar-refractivity contribution in [2.45, 2.75) is 26.2 Å². The van der Waals surface area contributed by atoms with E-state index in [4.69, 9.17) is 23.2 Å². The van der Waals surface area contributed by atoms with Gasteiger partial charge >= 0.3 is 0 Å². The molecule has 0 radical (unpaired) electrons. The molecule has 1 N–H and O–H groups in total. The lowest BCUT2D eigenvalue weighted by Gasteiger charge is -2.33. The third-order valence-corrected chi connectivity index (χ3v) is 6.56. The van der Waals surface area contributed by atoms with E-state index in [1.807, 2.05) is 31.2 Å². The molecule has 0 aliphatic carbocycles. The van der Waals surface area contributed by atoms with Gasteiger partial charge in [-0.2, -0.15) is 0 Å². The fourth-order valence-corrected chi connectivity index (χ4v) is 4.86. The SMILES string of the molecule is Cc1ccc(N2CC(C(=O)N3CCC(C(=O)Nc4cc(Cl)cc(Cl)c4)CC3)CC2=O)cc1. The maximum absolute atomic E-state index is 13.0. The van der Waals surface area contributed by atoms with E-state index in [2.05, 4.69) is 5.32 Å². The molecule has 168 valence electrons. The van der Waals surface area contributed by atoms with E-state index >= 15 is 0 Å². The molecule has 32 heavy (non-hydrogen) atoms. The van der Waals surface area contributed by atoms with Crippen molar-refractivity contribution < 1.29 is 14.4 Å². The molecule has 1 unspecified atom stereocenters. The second kappa shape index (κ2) is 9.51. The lowest BCUT2D eigenvalue weighted by molar-refractivity contribution is -0.138. The number of carbonyl (C=O) groups is 3. The predicted molar refractivity (Wildman–Crippen MR) is 126 cm³/mol. The molecule has 0 spiro atoms. The van der Waals surface area contributed by atoms with Crippen molar-refractivity contribution in [3.05, 3.63) is 58.1 Å². The van der Waals surface area contributed by atoms with Crippen molar-refractivity contribution in [2.75, 3.05) is 29.9 Å². The van der Waals surface area contributed by atoms with Gasteiger partial charge in [0.1, 0.15) is 0 Å². The molecule has 2 fully saturated rings. The number of nitrogens with zero attached hydrogens (tertiary/aromatic N) is 2. The number of anilines is 2. The summed E-state index contributed by atoms with van der Waals surface area (Å²) in [6.07, 6.45) is 1.38. The Balaban J connectivity index is 1.31. The molecular weight excluding hydrogens is 449 g/mol. The van der Waals surface area contributed by atoms with Crippen LogP contribution in [0.1, 0.15) is 24.8 Å². The minimum atomic E-state index is -0.345. The quantitative estimate of drug-likeness (QED) is 0.708. The molecule has 2 aromatic rings. The van der Waals surface area contributed by atoms with Gasteiger partial charge in [-0.3, -0.25) is 14.4 Å². The van der Waals surface area contributed by atoms with E-state index in [0.717, 1.165) is 11.3 Å². The summed E-state index contributed by atoms with van der Waals surface area (Å²) in [4.78, 5) is 41.7. The molecule has 2 heterocycles. The van der Waals surface area contributed by atoms with Crippen molar-refractivity contribution >= 4 is 52.3 Å². The first-order chi connectivity index (χ1) is 15.3. The smallest absolute Gasteiger partial charge is 0.228 e. The van der Waals surface area contributed by atoms with Crippen LogP contribution in [0.25, 0.3) is 0 Å². The van der Waals surface area contributed by atoms with Crippen LogP contribution in [0.2, 0.25) is 10.0 Å². The average molecular weight is 474 g/mol. The third kappa shape index (κ3) is 5.08. The number of benzene rings is 2. The number of nitrogens with one attached hydrogen (secondary N) is 1. The van der Waals surface area contributed by atoms with Crippen LogP contribution in [0, 0.1) is 18.8 Å². The zero-order chi connectivity index (χ0) is 22.8. The molecule has 2 aliphatic rings. The van der Waals surface area contributed by atoms with E-state index in [0.29, 0.717) is 48.2 Å².